The highest BCUT2D eigenvalue weighted by molar-refractivity contribution is 7.88. The molecule has 0 spiro atoms. The van der Waals surface area contributed by atoms with Gasteiger partial charge in [0.2, 0.25) is 10.0 Å². The van der Waals surface area contributed by atoms with Crippen LogP contribution in [-0.4, -0.2) is 76.8 Å². The first-order chi connectivity index (χ1) is 15.1. The minimum Gasteiger partial charge on any atom is -0.473 e. The van der Waals surface area contributed by atoms with E-state index in [9.17, 15) is 8.42 Å². The van der Waals surface area contributed by atoms with Crippen LogP contribution >= 0.6 is 0 Å². The highest BCUT2D eigenvalue weighted by Crippen LogP contribution is 2.30. The molecular formula is C22H27N3O6S. The molecule has 1 fully saturated rings. The number of aromatic nitrogens is 1. The summed E-state index contributed by atoms with van der Waals surface area (Å²) < 4.78 is 27.2. The Kier molecular flexibility index (Phi) is 7.17. The summed E-state index contributed by atoms with van der Waals surface area (Å²) in [4.78, 5) is 20.5. The van der Waals surface area contributed by atoms with Crippen LogP contribution in [0, 0.1) is 0 Å². The second-order valence-electron chi connectivity index (χ2n) is 7.66. The fraction of sp³-hybridized carbons (Fsp3) is 0.364. The van der Waals surface area contributed by atoms with Crippen LogP contribution in [0.15, 0.2) is 42.5 Å². The first-order valence-corrected chi connectivity index (χ1v) is 12.1. The number of hydrogen-bond acceptors (Lipinski definition) is 5. The van der Waals surface area contributed by atoms with E-state index in [1.165, 1.54) is 33.6 Å². The number of sulfonamides is 1. The van der Waals surface area contributed by atoms with Gasteiger partial charge in [-0.1, -0.05) is 24.3 Å². The summed E-state index contributed by atoms with van der Waals surface area (Å²) in [5.41, 5.74) is 3.84. The lowest BCUT2D eigenvalue weighted by molar-refractivity contribution is -0.159. The second kappa shape index (κ2) is 9.68. The molecule has 9 nitrogen and oxygen atoms in total. The normalized spacial score (nSPS) is 15.4. The van der Waals surface area contributed by atoms with Gasteiger partial charge in [0.05, 0.1) is 6.26 Å². The molecule has 3 aromatic rings. The lowest BCUT2D eigenvalue weighted by atomic mass is 10.1. The molecule has 1 saturated heterocycles. The van der Waals surface area contributed by atoms with E-state index in [0.717, 1.165) is 26.2 Å². The van der Waals surface area contributed by atoms with E-state index in [2.05, 4.69) is 58.9 Å². The van der Waals surface area contributed by atoms with Gasteiger partial charge in [-0.3, -0.25) is 4.90 Å². The number of para-hydroxylation sites is 1. The third kappa shape index (κ3) is 5.26. The van der Waals surface area contributed by atoms with Gasteiger partial charge in [0, 0.05) is 61.1 Å². The fourth-order valence-electron chi connectivity index (χ4n) is 4.02. The van der Waals surface area contributed by atoms with Crippen molar-refractivity contribution in [2.24, 2.45) is 0 Å². The lowest BCUT2D eigenvalue weighted by Gasteiger charge is -2.33. The van der Waals surface area contributed by atoms with Crippen LogP contribution < -0.4 is 0 Å². The Balaban J connectivity index is 0.000000427. The third-order valence-electron chi connectivity index (χ3n) is 5.54. The summed E-state index contributed by atoms with van der Waals surface area (Å²) in [5, 5.41) is 17.4. The van der Waals surface area contributed by atoms with Crippen molar-refractivity contribution in [2.75, 3.05) is 32.4 Å². The number of benzene rings is 2. The topological polar surface area (TPSA) is 120 Å². The standard InChI is InChI=1S/C20H25N3O2S.C2H2O4/c1-3-23-19-7-5-4-6-17(19)18-14-16(8-9-20(18)23)15-21-10-12-22(13-11-21)26(2,24)25;3-1(4)2(5)6/h4-9,14H,3,10-13,15H2,1-2H3;(H,3,4)(H,5,6). The minimum absolute atomic E-state index is 0.580. The van der Waals surface area contributed by atoms with Crippen LogP contribution in [0.5, 0.6) is 0 Å². The van der Waals surface area contributed by atoms with Crippen molar-refractivity contribution < 1.29 is 28.2 Å². The number of nitrogens with zero attached hydrogens (tertiary/aromatic N) is 3. The van der Waals surface area contributed by atoms with E-state index in [1.54, 1.807) is 4.31 Å². The van der Waals surface area contributed by atoms with Crippen LogP contribution in [0.3, 0.4) is 0 Å². The van der Waals surface area contributed by atoms with E-state index in [0.29, 0.717) is 13.1 Å². The van der Waals surface area contributed by atoms with Crippen molar-refractivity contribution in [3.05, 3.63) is 48.0 Å². The monoisotopic (exact) mass is 461 g/mol. The quantitative estimate of drug-likeness (QED) is 0.571. The molecule has 0 radical (unpaired) electrons. The summed E-state index contributed by atoms with van der Waals surface area (Å²) in [7, 11) is -3.07. The summed E-state index contributed by atoms with van der Waals surface area (Å²) >= 11 is 0. The number of aliphatic carboxylic acids is 2. The van der Waals surface area contributed by atoms with E-state index in [1.807, 2.05) is 0 Å². The largest absolute Gasteiger partial charge is 0.473 e. The number of fused-ring (bicyclic) bond motifs is 3. The molecule has 0 bridgehead atoms. The molecule has 32 heavy (non-hydrogen) atoms. The van der Waals surface area contributed by atoms with Crippen molar-refractivity contribution >= 4 is 43.8 Å². The van der Waals surface area contributed by atoms with Gasteiger partial charge in [-0.2, -0.15) is 4.31 Å². The molecule has 0 saturated carbocycles. The van der Waals surface area contributed by atoms with Crippen LogP contribution in [0.25, 0.3) is 21.8 Å². The van der Waals surface area contributed by atoms with Crippen LogP contribution in [0.4, 0.5) is 0 Å². The molecule has 4 rings (SSSR count). The number of rotatable bonds is 4. The van der Waals surface area contributed by atoms with Gasteiger partial charge >= 0.3 is 11.9 Å². The van der Waals surface area contributed by atoms with Crippen molar-refractivity contribution in [3.63, 3.8) is 0 Å². The predicted octanol–water partition coefficient (Wildman–Crippen LogP) is 2.05. The maximum absolute atomic E-state index is 11.7. The maximum Gasteiger partial charge on any atom is 0.414 e. The molecule has 1 aliphatic heterocycles. The van der Waals surface area contributed by atoms with Gasteiger partial charge < -0.3 is 14.8 Å². The van der Waals surface area contributed by atoms with E-state index < -0.39 is 22.0 Å². The first kappa shape index (κ1) is 23.7. The molecule has 0 atom stereocenters. The van der Waals surface area contributed by atoms with Gasteiger partial charge in [0.1, 0.15) is 0 Å². The van der Waals surface area contributed by atoms with Gasteiger partial charge in [-0.15, -0.1) is 0 Å². The number of carbonyl (C=O) groups is 2. The number of carboxylic acids is 2. The Labute approximate surface area is 186 Å². The number of piperazine rings is 1. The third-order valence-corrected chi connectivity index (χ3v) is 6.85. The lowest BCUT2D eigenvalue weighted by Crippen LogP contribution is -2.47. The smallest absolute Gasteiger partial charge is 0.414 e. The zero-order valence-corrected chi connectivity index (χ0v) is 18.9. The number of aryl methyl sites for hydroxylation is 1. The molecule has 0 unspecified atom stereocenters. The molecule has 0 amide bonds. The molecule has 10 heteroatoms. The van der Waals surface area contributed by atoms with Gasteiger partial charge in [-0.25, -0.2) is 18.0 Å². The maximum atomic E-state index is 11.7. The number of hydrogen-bond donors (Lipinski definition) is 2. The summed E-state index contributed by atoms with van der Waals surface area (Å²) in [6.45, 7) is 6.72. The molecule has 2 heterocycles. The molecule has 2 aromatic carbocycles. The Morgan fingerprint density at radius 2 is 1.50 bits per heavy atom. The van der Waals surface area contributed by atoms with E-state index >= 15 is 0 Å². The zero-order valence-electron chi connectivity index (χ0n) is 18.1. The van der Waals surface area contributed by atoms with Crippen molar-refractivity contribution in [3.8, 4) is 0 Å². The molecule has 2 N–H and O–H groups in total. The van der Waals surface area contributed by atoms with Crippen molar-refractivity contribution in [2.45, 2.75) is 20.0 Å². The zero-order chi connectivity index (χ0) is 23.5. The average Bonchev–Trinajstić information content (AvgIpc) is 3.07. The fourth-order valence-corrected chi connectivity index (χ4v) is 4.84. The SMILES string of the molecule is CCn1c2ccccc2c2cc(CN3CCN(S(C)(=O)=O)CC3)ccc21.O=C(O)C(=O)O. The Bertz CT molecular complexity index is 1230. The molecule has 0 aliphatic carbocycles. The van der Waals surface area contributed by atoms with Crippen LogP contribution in [0.1, 0.15) is 12.5 Å². The predicted molar refractivity (Wildman–Crippen MR) is 122 cm³/mol. The molecule has 172 valence electrons. The second-order valence-corrected chi connectivity index (χ2v) is 9.64. The first-order valence-electron chi connectivity index (χ1n) is 10.3. The average molecular weight is 462 g/mol. The molecule has 1 aromatic heterocycles. The minimum atomic E-state index is -3.07. The summed E-state index contributed by atoms with van der Waals surface area (Å²) in [6.07, 6.45) is 1.29. The molecule has 1 aliphatic rings. The molecular weight excluding hydrogens is 434 g/mol. The Morgan fingerprint density at radius 3 is 2.06 bits per heavy atom. The number of carboxylic acid groups (broad SMARTS) is 2. The van der Waals surface area contributed by atoms with Gasteiger partial charge in [0.25, 0.3) is 0 Å². The van der Waals surface area contributed by atoms with Crippen molar-refractivity contribution in [1.82, 2.24) is 13.8 Å². The summed E-state index contributed by atoms with van der Waals surface area (Å²) in [5.74, 6) is -3.65. The van der Waals surface area contributed by atoms with E-state index in [4.69, 9.17) is 19.8 Å². The van der Waals surface area contributed by atoms with Gasteiger partial charge in [-0.05, 0) is 30.7 Å². The highest BCUT2D eigenvalue weighted by atomic mass is 32.2. The Hall–Kier alpha value is -2.95. The highest BCUT2D eigenvalue weighted by Gasteiger charge is 2.23. The van der Waals surface area contributed by atoms with E-state index in [-0.39, 0.29) is 0 Å². The van der Waals surface area contributed by atoms with Gasteiger partial charge in [0.15, 0.2) is 0 Å². The Morgan fingerprint density at radius 1 is 0.906 bits per heavy atom. The van der Waals surface area contributed by atoms with Crippen LogP contribution in [-0.2, 0) is 32.7 Å². The van der Waals surface area contributed by atoms with Crippen LogP contribution in [0.2, 0.25) is 0 Å². The van der Waals surface area contributed by atoms with Crippen molar-refractivity contribution in [1.29, 1.82) is 0 Å². The summed E-state index contributed by atoms with van der Waals surface area (Å²) in [6, 6.07) is 15.3.